The molecule has 94 valence electrons. The lowest BCUT2D eigenvalue weighted by Gasteiger charge is -1.95. The maximum Gasteiger partial charge on any atom is 0.410 e. The number of rotatable bonds is 5. The molecule has 0 radical (unpaired) electrons. The molecule has 0 aliphatic rings. The normalized spacial score (nSPS) is 11.4. The van der Waals surface area contributed by atoms with Crippen LogP contribution in [0.5, 0.6) is 0 Å². The smallest absolute Gasteiger partial charge is 0.358 e. The Morgan fingerprint density at radius 2 is 2.29 bits per heavy atom. The Balaban J connectivity index is 3.14. The third-order valence-corrected chi connectivity index (χ3v) is 3.23. The lowest BCUT2D eigenvalue weighted by molar-refractivity contribution is -0.392. The van der Waals surface area contributed by atoms with Gasteiger partial charge in [0.05, 0.1) is 17.8 Å². The van der Waals surface area contributed by atoms with Gasteiger partial charge in [-0.05, 0) is 18.3 Å². The topological polar surface area (TPSA) is 95.1 Å². The molecule has 7 nitrogen and oxygen atoms in total. The number of hydrogen-bond donors (Lipinski definition) is 0. The Bertz CT molecular complexity index is 563. The summed E-state index contributed by atoms with van der Waals surface area (Å²) < 4.78 is 23.4. The maximum absolute atomic E-state index is 11.1. The SMILES string of the molecule is C=C(C)CCn1cc(S(=O)(=O)Cl)c([N+](=O)[O-])n1. The molecule has 0 spiro atoms. The second-order valence-electron chi connectivity index (χ2n) is 3.48. The van der Waals surface area contributed by atoms with E-state index in [1.807, 2.05) is 0 Å². The minimum Gasteiger partial charge on any atom is -0.358 e. The van der Waals surface area contributed by atoms with Crippen molar-refractivity contribution in [1.29, 1.82) is 0 Å². The fraction of sp³-hybridized carbons (Fsp3) is 0.375. The molecule has 1 heterocycles. The van der Waals surface area contributed by atoms with Gasteiger partial charge in [-0.2, -0.15) is 4.68 Å². The van der Waals surface area contributed by atoms with E-state index in [0.29, 0.717) is 13.0 Å². The number of allylic oxidation sites excluding steroid dienone is 1. The molecular weight excluding hydrogens is 270 g/mol. The van der Waals surface area contributed by atoms with Gasteiger partial charge in [-0.1, -0.05) is 5.57 Å². The monoisotopic (exact) mass is 279 g/mol. The Labute approximate surface area is 102 Å². The highest BCUT2D eigenvalue weighted by Gasteiger charge is 2.29. The number of aryl methyl sites for hydroxylation is 1. The fourth-order valence-electron chi connectivity index (χ4n) is 1.11. The van der Waals surface area contributed by atoms with E-state index in [2.05, 4.69) is 11.7 Å². The first-order valence-electron chi connectivity index (χ1n) is 4.52. The quantitative estimate of drug-likeness (QED) is 0.354. The molecule has 17 heavy (non-hydrogen) atoms. The van der Waals surface area contributed by atoms with Crippen LogP contribution < -0.4 is 0 Å². The molecule has 1 aromatic heterocycles. The van der Waals surface area contributed by atoms with Crippen LogP contribution >= 0.6 is 10.7 Å². The molecule has 0 bridgehead atoms. The van der Waals surface area contributed by atoms with Crippen LogP contribution in [0, 0.1) is 10.1 Å². The van der Waals surface area contributed by atoms with Crippen LogP contribution in [0.1, 0.15) is 13.3 Å². The second-order valence-corrected chi connectivity index (χ2v) is 6.02. The molecule has 0 atom stereocenters. The van der Waals surface area contributed by atoms with E-state index in [-0.39, 0.29) is 0 Å². The van der Waals surface area contributed by atoms with Crippen molar-refractivity contribution in [2.24, 2.45) is 0 Å². The zero-order valence-corrected chi connectivity index (χ0v) is 10.5. The van der Waals surface area contributed by atoms with Crippen molar-refractivity contribution in [3.63, 3.8) is 0 Å². The lowest BCUT2D eigenvalue weighted by Crippen LogP contribution is -1.99. The van der Waals surface area contributed by atoms with Crippen LogP contribution in [0.15, 0.2) is 23.2 Å². The van der Waals surface area contributed by atoms with Crippen molar-refractivity contribution in [2.45, 2.75) is 24.8 Å². The Kier molecular flexibility index (Phi) is 3.89. The van der Waals surface area contributed by atoms with Crippen molar-refractivity contribution in [2.75, 3.05) is 0 Å². The summed E-state index contributed by atoms with van der Waals surface area (Å²) in [5, 5.41) is 14.2. The van der Waals surface area contributed by atoms with Crippen LogP contribution in [0.25, 0.3) is 0 Å². The molecule has 0 amide bonds. The van der Waals surface area contributed by atoms with E-state index in [4.69, 9.17) is 10.7 Å². The fourth-order valence-corrected chi connectivity index (χ4v) is 2.02. The van der Waals surface area contributed by atoms with Crippen molar-refractivity contribution < 1.29 is 13.3 Å². The number of hydrogen-bond acceptors (Lipinski definition) is 5. The van der Waals surface area contributed by atoms with Crippen molar-refractivity contribution in [3.8, 4) is 0 Å². The van der Waals surface area contributed by atoms with Gasteiger partial charge in [0.25, 0.3) is 9.05 Å². The van der Waals surface area contributed by atoms with E-state index in [1.54, 1.807) is 6.92 Å². The molecule has 0 unspecified atom stereocenters. The Morgan fingerprint density at radius 3 is 2.65 bits per heavy atom. The molecule has 0 saturated carbocycles. The van der Waals surface area contributed by atoms with Gasteiger partial charge >= 0.3 is 5.82 Å². The maximum atomic E-state index is 11.1. The molecule has 0 saturated heterocycles. The average Bonchev–Trinajstić information content (AvgIpc) is 2.57. The zero-order valence-electron chi connectivity index (χ0n) is 8.96. The number of nitrogens with zero attached hydrogens (tertiary/aromatic N) is 3. The zero-order chi connectivity index (χ0) is 13.2. The van der Waals surface area contributed by atoms with Crippen LogP contribution in [0.2, 0.25) is 0 Å². The average molecular weight is 280 g/mol. The van der Waals surface area contributed by atoms with Gasteiger partial charge in [0.15, 0.2) is 0 Å². The minimum absolute atomic E-state index is 0.308. The van der Waals surface area contributed by atoms with Gasteiger partial charge in [0, 0.05) is 10.7 Å². The Hall–Kier alpha value is -1.41. The predicted molar refractivity (Wildman–Crippen MR) is 61.4 cm³/mol. The summed E-state index contributed by atoms with van der Waals surface area (Å²) in [6.07, 6.45) is 1.59. The second kappa shape index (κ2) is 4.84. The van der Waals surface area contributed by atoms with Crippen molar-refractivity contribution in [1.82, 2.24) is 9.78 Å². The molecule has 0 aliphatic carbocycles. The first kappa shape index (κ1) is 13.7. The number of aromatic nitrogens is 2. The standard InChI is InChI=1S/C8H10ClN3O4S/c1-6(2)3-4-11-5-7(17(9,15)16)8(10-11)12(13)14/h5H,1,3-4H2,2H3. The Morgan fingerprint density at radius 1 is 1.71 bits per heavy atom. The van der Waals surface area contributed by atoms with Gasteiger partial charge in [-0.25, -0.2) is 8.42 Å². The molecule has 9 heteroatoms. The molecule has 1 aromatic rings. The molecule has 0 N–H and O–H groups in total. The summed E-state index contributed by atoms with van der Waals surface area (Å²) in [7, 11) is 0.909. The molecule has 1 rings (SSSR count). The number of nitro groups is 1. The summed E-state index contributed by atoms with van der Waals surface area (Å²) in [6.45, 7) is 5.76. The summed E-state index contributed by atoms with van der Waals surface area (Å²) >= 11 is 0. The highest BCUT2D eigenvalue weighted by Crippen LogP contribution is 2.25. The highest BCUT2D eigenvalue weighted by atomic mass is 35.7. The summed E-state index contributed by atoms with van der Waals surface area (Å²) in [4.78, 5) is 9.13. The van der Waals surface area contributed by atoms with Crippen LogP contribution in [-0.4, -0.2) is 23.1 Å². The summed E-state index contributed by atoms with van der Waals surface area (Å²) in [5.74, 6) is -0.762. The summed E-state index contributed by atoms with van der Waals surface area (Å²) in [5.41, 5.74) is 0.860. The van der Waals surface area contributed by atoms with Gasteiger partial charge < -0.3 is 10.1 Å². The highest BCUT2D eigenvalue weighted by molar-refractivity contribution is 8.13. The van der Waals surface area contributed by atoms with Gasteiger partial charge in [0.2, 0.25) is 4.90 Å². The van der Waals surface area contributed by atoms with Gasteiger partial charge in [-0.3, -0.25) is 0 Å². The van der Waals surface area contributed by atoms with Crippen LogP contribution in [0.3, 0.4) is 0 Å². The van der Waals surface area contributed by atoms with E-state index in [0.717, 1.165) is 11.8 Å². The predicted octanol–water partition coefficient (Wildman–Crippen LogP) is 1.69. The van der Waals surface area contributed by atoms with Gasteiger partial charge in [-0.15, -0.1) is 6.58 Å². The third-order valence-electron chi connectivity index (χ3n) is 1.91. The van der Waals surface area contributed by atoms with E-state index in [1.165, 1.54) is 4.68 Å². The van der Waals surface area contributed by atoms with Gasteiger partial charge in [0.1, 0.15) is 0 Å². The molecule has 0 aromatic carbocycles. The minimum atomic E-state index is -4.17. The summed E-state index contributed by atoms with van der Waals surface area (Å²) in [6, 6.07) is 0. The van der Waals surface area contributed by atoms with Crippen molar-refractivity contribution >= 4 is 25.6 Å². The molecule has 0 aliphatic heterocycles. The van der Waals surface area contributed by atoms with Crippen LogP contribution in [-0.2, 0) is 15.6 Å². The lowest BCUT2D eigenvalue weighted by atomic mass is 10.2. The van der Waals surface area contributed by atoms with Crippen LogP contribution in [0.4, 0.5) is 5.82 Å². The number of halogens is 1. The largest absolute Gasteiger partial charge is 0.410 e. The van der Waals surface area contributed by atoms with Crippen molar-refractivity contribution in [3.05, 3.63) is 28.5 Å². The van der Waals surface area contributed by atoms with E-state index in [9.17, 15) is 18.5 Å². The first-order chi connectivity index (χ1) is 7.71. The molecular formula is C8H10ClN3O4S. The van der Waals surface area contributed by atoms with E-state index >= 15 is 0 Å². The third kappa shape index (κ3) is 3.53. The molecule has 0 fully saturated rings. The van der Waals surface area contributed by atoms with E-state index < -0.39 is 24.7 Å². The first-order valence-corrected chi connectivity index (χ1v) is 6.83.